The summed E-state index contributed by atoms with van der Waals surface area (Å²) in [5.74, 6) is 3.22. The van der Waals surface area contributed by atoms with Gasteiger partial charge < -0.3 is 10.2 Å². The van der Waals surface area contributed by atoms with E-state index < -0.39 is 70.3 Å². The summed E-state index contributed by atoms with van der Waals surface area (Å²) in [5, 5.41) is 69.9. The summed E-state index contributed by atoms with van der Waals surface area (Å²) in [4.78, 5) is 68.9. The molecule has 3 rings (SSSR count). The molecule has 23 heteroatoms. The molecule has 0 bridgehead atoms. The molecule has 0 unspecified atom stereocenters. The van der Waals surface area contributed by atoms with E-state index in [0.29, 0.717) is 0 Å². The third-order valence-electron chi connectivity index (χ3n) is 4.19. The highest BCUT2D eigenvalue weighted by molar-refractivity contribution is 9.10. The van der Waals surface area contributed by atoms with Crippen LogP contribution in [0.25, 0.3) is 0 Å². The van der Waals surface area contributed by atoms with Crippen molar-refractivity contribution in [3.63, 3.8) is 0 Å². The van der Waals surface area contributed by atoms with Gasteiger partial charge >= 0.3 is 23.0 Å². The quantitative estimate of drug-likeness (QED) is 0.158. The number of aromatic carboxylic acids is 1. The van der Waals surface area contributed by atoms with Gasteiger partial charge in [-0.1, -0.05) is 17.5 Å². The second kappa shape index (κ2) is 15.4. The van der Waals surface area contributed by atoms with Crippen LogP contribution in [0.4, 0.5) is 28.4 Å². The molecule has 0 aliphatic carbocycles. The Bertz CT molecular complexity index is 1720. The SMILES string of the molecule is CC(C)(O)C#Cc1ncc([N+](=O)[O-])cc1[N+](=O)[O-].O=C(O)c1ncc(Cl)cc1[N+](=O)[O-].O=[N+]([O-])c1cnc(Br)c([N+](=O)[O-])c1. The van der Waals surface area contributed by atoms with Crippen molar-refractivity contribution in [3.05, 3.63) is 108 Å². The van der Waals surface area contributed by atoms with Gasteiger partial charge in [0.05, 0.1) is 41.8 Å². The first-order valence-electron chi connectivity index (χ1n) is 10.8. The van der Waals surface area contributed by atoms with Gasteiger partial charge in [0, 0.05) is 12.3 Å². The third kappa shape index (κ3) is 11.2. The maximum Gasteiger partial charge on any atom is 0.361 e. The summed E-state index contributed by atoms with van der Waals surface area (Å²) in [5.41, 5.74) is -4.68. The number of carboxylic acid groups (broad SMARTS) is 1. The molecule has 3 aromatic heterocycles. The van der Waals surface area contributed by atoms with E-state index in [0.717, 1.165) is 36.8 Å². The molecule has 0 atom stereocenters. The van der Waals surface area contributed by atoms with E-state index in [4.69, 9.17) is 16.7 Å². The number of aliphatic hydroxyl groups is 1. The third-order valence-corrected chi connectivity index (χ3v) is 5.01. The van der Waals surface area contributed by atoms with Crippen molar-refractivity contribution < 1.29 is 39.6 Å². The van der Waals surface area contributed by atoms with Gasteiger partial charge in [-0.3, -0.25) is 50.6 Å². The summed E-state index contributed by atoms with van der Waals surface area (Å²) >= 11 is 8.21. The minimum atomic E-state index is -1.46. The van der Waals surface area contributed by atoms with Crippen LogP contribution in [0.15, 0.2) is 41.4 Å². The summed E-state index contributed by atoms with van der Waals surface area (Å²) in [6.07, 6.45) is 2.86. The minimum Gasteiger partial charge on any atom is -0.476 e. The maximum absolute atomic E-state index is 10.7. The molecule has 0 aliphatic heterocycles. The van der Waals surface area contributed by atoms with E-state index in [1.54, 1.807) is 0 Å². The Balaban J connectivity index is 0.000000337. The number of halogens is 2. The van der Waals surface area contributed by atoms with Gasteiger partial charge in [-0.05, 0) is 35.7 Å². The van der Waals surface area contributed by atoms with Crippen molar-refractivity contribution in [3.8, 4) is 11.8 Å². The van der Waals surface area contributed by atoms with E-state index in [1.807, 2.05) is 0 Å². The van der Waals surface area contributed by atoms with Crippen molar-refractivity contribution in [2.75, 3.05) is 0 Å². The fourth-order valence-corrected chi connectivity index (χ4v) is 2.89. The number of hydrogen-bond acceptors (Lipinski definition) is 15. The first-order chi connectivity index (χ1) is 20.2. The van der Waals surface area contributed by atoms with E-state index in [9.17, 15) is 60.5 Å². The van der Waals surface area contributed by atoms with Crippen molar-refractivity contribution in [2.45, 2.75) is 19.4 Å². The zero-order valence-corrected chi connectivity index (χ0v) is 24.0. The first kappa shape index (κ1) is 36.2. The molecule has 0 aliphatic rings. The Morgan fingerprint density at radius 3 is 1.70 bits per heavy atom. The Labute approximate surface area is 256 Å². The van der Waals surface area contributed by atoms with Gasteiger partial charge in [0.2, 0.25) is 5.69 Å². The number of rotatable bonds is 6. The molecule has 21 nitrogen and oxygen atoms in total. The summed E-state index contributed by atoms with van der Waals surface area (Å²) in [7, 11) is 0. The zero-order valence-electron chi connectivity index (χ0n) is 21.7. The topological polar surface area (TPSA) is 312 Å². The van der Waals surface area contributed by atoms with Gasteiger partial charge in [-0.15, -0.1) is 0 Å². The highest BCUT2D eigenvalue weighted by Crippen LogP contribution is 2.26. The summed E-state index contributed by atoms with van der Waals surface area (Å²) in [6.45, 7) is 2.80. The molecule has 44 heavy (non-hydrogen) atoms. The molecule has 0 saturated carbocycles. The summed E-state index contributed by atoms with van der Waals surface area (Å²) < 4.78 is -0.0249. The maximum atomic E-state index is 10.7. The van der Waals surface area contributed by atoms with Crippen molar-refractivity contribution in [2.24, 2.45) is 0 Å². The number of pyridine rings is 3. The van der Waals surface area contributed by atoms with Gasteiger partial charge in [-0.25, -0.2) is 19.7 Å². The fourth-order valence-electron chi connectivity index (χ4n) is 2.38. The van der Waals surface area contributed by atoms with Crippen molar-refractivity contribution in [1.29, 1.82) is 0 Å². The average Bonchev–Trinajstić information content (AvgIpc) is 2.91. The Morgan fingerprint density at radius 2 is 1.27 bits per heavy atom. The van der Waals surface area contributed by atoms with Crippen LogP contribution in [0.1, 0.15) is 30.0 Å². The van der Waals surface area contributed by atoms with Gasteiger partial charge in [0.25, 0.3) is 11.4 Å². The molecule has 0 radical (unpaired) electrons. The standard InChI is InChI=1S/C10H9N3O5.C6H3ClN2O4.C5H2BrN3O4/c1-10(2,14)4-3-8-9(13(17)18)5-7(6-11-8)12(15)16;7-3-1-4(9(12)13)5(6(10)11)8-2-3;6-5-4(9(12)13)1-3(2-7-5)8(10)11/h5-6,14H,1-2H3;1-2H,(H,10,11);1-2H. The second-order valence-corrected chi connectivity index (χ2v) is 9.17. The Kier molecular flexibility index (Phi) is 12.7. The largest absolute Gasteiger partial charge is 0.476 e. The molecule has 3 aromatic rings. The average molecular weight is 702 g/mol. The van der Waals surface area contributed by atoms with E-state index >= 15 is 0 Å². The number of nitrogens with zero attached hydrogens (tertiary/aromatic N) is 8. The summed E-state index contributed by atoms with van der Waals surface area (Å²) in [6, 6.07) is 2.57. The van der Waals surface area contributed by atoms with Crippen LogP contribution in [-0.4, -0.2) is 61.4 Å². The molecule has 0 fully saturated rings. The second-order valence-electron chi connectivity index (χ2n) is 7.99. The van der Waals surface area contributed by atoms with Crippen LogP contribution >= 0.6 is 27.5 Å². The van der Waals surface area contributed by atoms with Crippen molar-refractivity contribution >= 4 is 61.9 Å². The normalized spacial score (nSPS) is 9.93. The number of hydrogen-bond donors (Lipinski definition) is 2. The lowest BCUT2D eigenvalue weighted by molar-refractivity contribution is -0.395. The number of nitro groups is 5. The predicted octanol–water partition coefficient (Wildman–Crippen LogP) is 4.02. The fraction of sp³-hybridized carbons (Fsp3) is 0.143. The Hall–Kier alpha value is -5.79. The lowest BCUT2D eigenvalue weighted by Crippen LogP contribution is -2.14. The molecule has 0 aromatic carbocycles. The van der Waals surface area contributed by atoms with Crippen LogP contribution in [0.2, 0.25) is 5.02 Å². The van der Waals surface area contributed by atoms with Gasteiger partial charge in [0.15, 0.2) is 10.3 Å². The lowest BCUT2D eigenvalue weighted by Gasteiger charge is -2.05. The highest BCUT2D eigenvalue weighted by Gasteiger charge is 2.22. The van der Waals surface area contributed by atoms with E-state index in [2.05, 4.69) is 42.7 Å². The van der Waals surface area contributed by atoms with Crippen LogP contribution in [-0.2, 0) is 0 Å². The smallest absolute Gasteiger partial charge is 0.361 e. The van der Waals surface area contributed by atoms with Crippen LogP contribution in [0.3, 0.4) is 0 Å². The van der Waals surface area contributed by atoms with Crippen molar-refractivity contribution in [1.82, 2.24) is 15.0 Å². The van der Waals surface area contributed by atoms with Crippen LogP contribution in [0, 0.1) is 62.4 Å². The molecular weight excluding hydrogens is 688 g/mol. The first-order valence-corrected chi connectivity index (χ1v) is 11.9. The minimum absolute atomic E-state index is 0.0247. The van der Waals surface area contributed by atoms with Gasteiger partial charge in [0.1, 0.15) is 18.0 Å². The monoisotopic (exact) mass is 700 g/mol. The van der Waals surface area contributed by atoms with Crippen LogP contribution < -0.4 is 0 Å². The predicted molar refractivity (Wildman–Crippen MR) is 149 cm³/mol. The molecular formula is C21H14BrClN8O13. The molecule has 2 N–H and O–H groups in total. The van der Waals surface area contributed by atoms with Crippen LogP contribution in [0.5, 0.6) is 0 Å². The number of carboxylic acids is 1. The molecule has 230 valence electrons. The lowest BCUT2D eigenvalue weighted by atomic mass is 10.1. The molecule has 0 amide bonds. The van der Waals surface area contributed by atoms with E-state index in [1.165, 1.54) is 13.8 Å². The molecule has 0 spiro atoms. The highest BCUT2D eigenvalue weighted by atomic mass is 79.9. The van der Waals surface area contributed by atoms with E-state index in [-0.39, 0.29) is 15.3 Å². The molecule has 3 heterocycles. The molecule has 0 saturated heterocycles. The zero-order chi connectivity index (χ0) is 33.9. The number of carbonyl (C=O) groups is 1. The van der Waals surface area contributed by atoms with Gasteiger partial charge in [-0.2, -0.15) is 0 Å². The number of aromatic nitrogens is 3. The Morgan fingerprint density at radius 1 is 0.795 bits per heavy atom.